The van der Waals surface area contributed by atoms with Crippen LogP contribution in [0.4, 0.5) is 5.95 Å². The number of anilines is 1. The number of guanidine groups is 1. The first kappa shape index (κ1) is 24.6. The molecular weight excluding hydrogens is 493 g/mol. The second-order valence-electron chi connectivity index (χ2n) is 7.81. The third-order valence-corrected chi connectivity index (χ3v) is 5.72. The number of hydrogen-bond donors (Lipinski definition) is 3. The van der Waals surface area contributed by atoms with Gasteiger partial charge in [-0.25, -0.2) is 14.2 Å². The lowest BCUT2D eigenvalue weighted by molar-refractivity contribution is 0.414. The second-order valence-corrected chi connectivity index (χ2v) is 8.68. The van der Waals surface area contributed by atoms with E-state index in [1.807, 2.05) is 24.3 Å². The minimum atomic E-state index is -0.672. The SMILES string of the molecule is COc1ccc(Cn2c(NCCNC3=NCCN3)nc(=O)n(Cc3cc(Cl)cc(Cl)c3)c2=O)cc1. The Morgan fingerprint density at radius 3 is 2.31 bits per heavy atom. The number of ether oxygens (including phenoxy) is 1. The van der Waals surface area contributed by atoms with Crippen molar-refractivity contribution >= 4 is 35.1 Å². The predicted octanol–water partition coefficient (Wildman–Crippen LogP) is 1.78. The molecule has 0 aliphatic carbocycles. The van der Waals surface area contributed by atoms with Gasteiger partial charge in [0.25, 0.3) is 0 Å². The van der Waals surface area contributed by atoms with Crippen LogP contribution < -0.4 is 32.1 Å². The van der Waals surface area contributed by atoms with Crippen molar-refractivity contribution in [3.63, 3.8) is 0 Å². The number of nitrogens with one attached hydrogen (secondary N) is 3. The fraction of sp³-hybridized carbons (Fsp3) is 0.304. The molecule has 1 aliphatic heterocycles. The van der Waals surface area contributed by atoms with Crippen molar-refractivity contribution in [2.45, 2.75) is 13.1 Å². The van der Waals surface area contributed by atoms with Crippen LogP contribution in [0.15, 0.2) is 57.0 Å². The second kappa shape index (κ2) is 11.3. The summed E-state index contributed by atoms with van der Waals surface area (Å²) in [5.41, 5.74) is 0.286. The van der Waals surface area contributed by atoms with Crippen LogP contribution in [0.5, 0.6) is 5.75 Å². The Morgan fingerprint density at radius 2 is 1.66 bits per heavy atom. The maximum absolute atomic E-state index is 13.5. The summed E-state index contributed by atoms with van der Waals surface area (Å²) < 4.78 is 7.71. The van der Waals surface area contributed by atoms with Crippen LogP contribution in [0.2, 0.25) is 10.0 Å². The van der Waals surface area contributed by atoms with Gasteiger partial charge in [-0.3, -0.25) is 9.56 Å². The molecule has 0 fully saturated rings. The van der Waals surface area contributed by atoms with Crippen molar-refractivity contribution in [3.8, 4) is 5.75 Å². The third kappa shape index (κ3) is 6.34. The van der Waals surface area contributed by atoms with Crippen molar-refractivity contribution < 1.29 is 4.74 Å². The number of rotatable bonds is 9. The van der Waals surface area contributed by atoms with Crippen LogP contribution in [-0.2, 0) is 13.1 Å². The lowest BCUT2D eigenvalue weighted by atomic mass is 10.2. The van der Waals surface area contributed by atoms with E-state index >= 15 is 0 Å². The first-order chi connectivity index (χ1) is 16.9. The molecule has 12 heteroatoms. The first-order valence-electron chi connectivity index (χ1n) is 11.0. The standard InChI is InChI=1S/C23H25Cl2N7O3/c1-35-19-4-2-15(3-5-19)13-31-21(29-9-8-28-20-26-6-7-27-20)30-22(33)32(23(31)34)14-16-10-17(24)12-18(25)11-16/h2-5,10-12H,6-9,13-14H2,1H3,(H2,26,27,28)(H,29,30,33). The van der Waals surface area contributed by atoms with Crippen molar-refractivity contribution in [1.29, 1.82) is 0 Å². The summed E-state index contributed by atoms with van der Waals surface area (Å²) in [6.45, 7) is 2.67. The minimum absolute atomic E-state index is 0.0130. The molecule has 184 valence electrons. The monoisotopic (exact) mass is 517 g/mol. The summed E-state index contributed by atoms with van der Waals surface area (Å²) >= 11 is 12.2. The van der Waals surface area contributed by atoms with Gasteiger partial charge in [0.1, 0.15) is 5.75 Å². The largest absolute Gasteiger partial charge is 0.497 e. The summed E-state index contributed by atoms with van der Waals surface area (Å²) in [5, 5.41) is 10.2. The predicted molar refractivity (Wildman–Crippen MR) is 137 cm³/mol. The van der Waals surface area contributed by atoms with Gasteiger partial charge in [0.15, 0.2) is 5.96 Å². The first-order valence-corrected chi connectivity index (χ1v) is 11.7. The van der Waals surface area contributed by atoms with Crippen molar-refractivity contribution in [2.75, 3.05) is 38.6 Å². The molecule has 2 aromatic carbocycles. The zero-order valence-electron chi connectivity index (χ0n) is 19.1. The van der Waals surface area contributed by atoms with E-state index in [0.717, 1.165) is 29.2 Å². The summed E-state index contributed by atoms with van der Waals surface area (Å²) in [7, 11) is 1.59. The molecule has 0 saturated carbocycles. The fourth-order valence-electron chi connectivity index (χ4n) is 3.61. The van der Waals surface area contributed by atoms with Gasteiger partial charge < -0.3 is 20.7 Å². The third-order valence-electron chi connectivity index (χ3n) is 5.29. The van der Waals surface area contributed by atoms with Crippen LogP contribution in [0, 0.1) is 0 Å². The molecule has 0 radical (unpaired) electrons. The molecule has 3 N–H and O–H groups in total. The molecule has 1 aliphatic rings. The Hall–Kier alpha value is -3.50. The molecule has 0 bridgehead atoms. The van der Waals surface area contributed by atoms with E-state index in [9.17, 15) is 9.59 Å². The Balaban J connectivity index is 1.62. The molecule has 3 aromatic rings. The highest BCUT2D eigenvalue weighted by Crippen LogP contribution is 2.19. The van der Waals surface area contributed by atoms with Gasteiger partial charge in [-0.15, -0.1) is 0 Å². The molecule has 10 nitrogen and oxygen atoms in total. The van der Waals surface area contributed by atoms with Gasteiger partial charge in [0.05, 0.1) is 26.7 Å². The van der Waals surface area contributed by atoms with Crippen LogP contribution >= 0.6 is 23.2 Å². The number of aromatic nitrogens is 3. The summed E-state index contributed by atoms with van der Waals surface area (Å²) in [4.78, 5) is 34.7. The number of hydrogen-bond acceptors (Lipinski definition) is 8. The lowest BCUT2D eigenvalue weighted by Crippen LogP contribution is -2.44. The van der Waals surface area contributed by atoms with Crippen LogP contribution in [0.1, 0.15) is 11.1 Å². The van der Waals surface area contributed by atoms with E-state index < -0.39 is 11.4 Å². The van der Waals surface area contributed by atoms with Crippen molar-refractivity contribution in [1.82, 2.24) is 24.8 Å². The molecular formula is C23H25Cl2N7O3. The molecule has 1 aromatic heterocycles. The zero-order chi connectivity index (χ0) is 24.8. The van der Waals surface area contributed by atoms with E-state index in [1.54, 1.807) is 25.3 Å². The van der Waals surface area contributed by atoms with E-state index in [2.05, 4.69) is 25.9 Å². The van der Waals surface area contributed by atoms with E-state index in [-0.39, 0.29) is 19.0 Å². The van der Waals surface area contributed by atoms with Crippen molar-refractivity contribution in [3.05, 3.63) is 84.6 Å². The highest BCUT2D eigenvalue weighted by molar-refractivity contribution is 6.34. The quantitative estimate of drug-likeness (QED) is 0.370. The van der Waals surface area contributed by atoms with Crippen molar-refractivity contribution in [2.24, 2.45) is 4.99 Å². The van der Waals surface area contributed by atoms with Crippen LogP contribution in [0.3, 0.4) is 0 Å². The Kier molecular flexibility index (Phi) is 7.94. The topological polar surface area (TPSA) is 115 Å². The Labute approximate surface area is 211 Å². The fourth-order valence-corrected chi connectivity index (χ4v) is 4.18. The average molecular weight is 518 g/mol. The number of methoxy groups -OCH3 is 1. The normalized spacial score (nSPS) is 12.7. The molecule has 0 unspecified atom stereocenters. The average Bonchev–Trinajstić information content (AvgIpc) is 3.35. The smallest absolute Gasteiger partial charge is 0.355 e. The number of benzene rings is 2. The van der Waals surface area contributed by atoms with E-state index in [0.29, 0.717) is 34.4 Å². The van der Waals surface area contributed by atoms with E-state index in [1.165, 1.54) is 4.57 Å². The molecule has 0 saturated heterocycles. The Morgan fingerprint density at radius 1 is 0.971 bits per heavy atom. The van der Waals surface area contributed by atoms with E-state index in [4.69, 9.17) is 27.9 Å². The van der Waals surface area contributed by atoms with Gasteiger partial charge in [0.2, 0.25) is 5.95 Å². The van der Waals surface area contributed by atoms with Crippen LogP contribution in [0.25, 0.3) is 0 Å². The van der Waals surface area contributed by atoms with Gasteiger partial charge in [-0.05, 0) is 41.5 Å². The van der Waals surface area contributed by atoms with Crippen LogP contribution in [-0.4, -0.2) is 53.4 Å². The lowest BCUT2D eigenvalue weighted by Gasteiger charge is -2.16. The van der Waals surface area contributed by atoms with Gasteiger partial charge in [0, 0.05) is 29.7 Å². The maximum atomic E-state index is 13.5. The molecule has 35 heavy (non-hydrogen) atoms. The maximum Gasteiger partial charge on any atom is 0.355 e. The molecule has 4 rings (SSSR count). The van der Waals surface area contributed by atoms with Gasteiger partial charge >= 0.3 is 11.4 Å². The molecule has 0 spiro atoms. The summed E-state index contributed by atoms with van der Waals surface area (Å²) in [6.07, 6.45) is 0. The molecule has 0 atom stereocenters. The molecule has 0 amide bonds. The minimum Gasteiger partial charge on any atom is -0.497 e. The molecule has 2 heterocycles. The van der Waals surface area contributed by atoms with Gasteiger partial charge in [-0.2, -0.15) is 4.98 Å². The highest BCUT2D eigenvalue weighted by atomic mass is 35.5. The van der Waals surface area contributed by atoms with Gasteiger partial charge in [-0.1, -0.05) is 35.3 Å². The number of aliphatic imine (C=N–C) groups is 1. The highest BCUT2D eigenvalue weighted by Gasteiger charge is 2.15. The summed E-state index contributed by atoms with van der Waals surface area (Å²) in [6, 6.07) is 12.2. The zero-order valence-corrected chi connectivity index (χ0v) is 20.6. The Bertz CT molecular complexity index is 1320. The summed E-state index contributed by atoms with van der Waals surface area (Å²) in [5.74, 6) is 1.61. The number of nitrogens with zero attached hydrogens (tertiary/aromatic N) is 4. The number of halogens is 2.